The molecule has 7 rings (SSSR count). The number of benzene rings is 2. The van der Waals surface area contributed by atoms with Crippen molar-refractivity contribution in [3.05, 3.63) is 59.7 Å². The Morgan fingerprint density at radius 2 is 2.00 bits per heavy atom. The van der Waals surface area contributed by atoms with Gasteiger partial charge in [0, 0.05) is 24.0 Å². The van der Waals surface area contributed by atoms with E-state index in [0.717, 1.165) is 38.8 Å². The van der Waals surface area contributed by atoms with Crippen LogP contribution in [-0.4, -0.2) is 53.2 Å². The molecule has 4 bridgehead atoms. The van der Waals surface area contributed by atoms with Gasteiger partial charge in [-0.05, 0) is 98.3 Å². The number of carbonyl (C=O) groups excluding carboxylic acids is 1. The van der Waals surface area contributed by atoms with Gasteiger partial charge < -0.3 is 19.6 Å². The zero-order valence-electron chi connectivity index (χ0n) is 18.5. The van der Waals surface area contributed by atoms with E-state index in [1.807, 2.05) is 41.3 Å². The van der Waals surface area contributed by atoms with Crippen molar-refractivity contribution in [3.63, 3.8) is 0 Å². The standard InChI is InChI=1S/C27H30N2O3/c1-28-12-11-27-21-14-19(30)8-7-17(21)13-23(28)26(27)10-9-22-24(27)18(15-26)16-29(22)25(31)32-20-5-3-2-4-6-20/h2-8,14,18,22-24,30H,9-13,15-16H2,1H3/t18-,22?,23-,24?,26-,27+/m1/s1. The molecule has 2 saturated carbocycles. The summed E-state index contributed by atoms with van der Waals surface area (Å²) in [7, 11) is 2.30. The quantitative estimate of drug-likeness (QED) is 0.737. The van der Waals surface area contributed by atoms with Crippen LogP contribution in [0.15, 0.2) is 48.5 Å². The molecule has 2 saturated heterocycles. The summed E-state index contributed by atoms with van der Waals surface area (Å²) in [5.41, 5.74) is 3.12. The molecule has 2 heterocycles. The van der Waals surface area contributed by atoms with Crippen LogP contribution < -0.4 is 4.74 Å². The fraction of sp³-hybridized carbons (Fsp3) is 0.519. The number of rotatable bonds is 1. The highest BCUT2D eigenvalue weighted by molar-refractivity contribution is 5.72. The summed E-state index contributed by atoms with van der Waals surface area (Å²) >= 11 is 0. The molecule has 166 valence electrons. The number of phenols is 1. The highest BCUT2D eigenvalue weighted by atomic mass is 16.6. The van der Waals surface area contributed by atoms with E-state index in [1.54, 1.807) is 0 Å². The van der Waals surface area contributed by atoms with Crippen molar-refractivity contribution in [1.82, 2.24) is 9.80 Å². The molecule has 3 aliphatic carbocycles. The van der Waals surface area contributed by atoms with Crippen LogP contribution in [0.25, 0.3) is 0 Å². The summed E-state index contributed by atoms with van der Waals surface area (Å²) in [6, 6.07) is 16.3. The predicted octanol–water partition coefficient (Wildman–Crippen LogP) is 4.19. The van der Waals surface area contributed by atoms with E-state index in [-0.39, 0.29) is 23.0 Å². The molecule has 2 aliphatic heterocycles. The number of likely N-dealkylation sites (N-methyl/N-ethyl adjacent to an activating group) is 1. The SMILES string of the molecule is CN1CC[C@@]23c4cc(O)ccc4C[C@@H]1[C@]21CCC2C3[C@@H](CN2C(=O)Oc2ccccc2)C1. The molecule has 2 aromatic rings. The fourth-order valence-electron chi connectivity index (χ4n) is 9.08. The van der Waals surface area contributed by atoms with Crippen molar-refractivity contribution in [2.24, 2.45) is 17.3 Å². The van der Waals surface area contributed by atoms with Crippen molar-refractivity contribution < 1.29 is 14.6 Å². The average molecular weight is 431 g/mol. The average Bonchev–Trinajstić information content (AvgIpc) is 3.24. The number of para-hydroxylation sites is 1. The Bertz CT molecular complexity index is 1100. The molecule has 5 aliphatic rings. The van der Waals surface area contributed by atoms with Crippen LogP contribution in [-0.2, 0) is 11.8 Å². The van der Waals surface area contributed by atoms with Crippen LogP contribution in [0.4, 0.5) is 4.79 Å². The van der Waals surface area contributed by atoms with Gasteiger partial charge in [0.25, 0.3) is 0 Å². The normalized spacial score (nSPS) is 38.8. The van der Waals surface area contributed by atoms with Gasteiger partial charge in [-0.2, -0.15) is 0 Å². The maximum Gasteiger partial charge on any atom is 0.415 e. The number of aromatic hydroxyl groups is 1. The first-order valence-electron chi connectivity index (χ1n) is 12.1. The summed E-state index contributed by atoms with van der Waals surface area (Å²) in [5, 5.41) is 10.5. The van der Waals surface area contributed by atoms with Crippen LogP contribution in [0.1, 0.15) is 36.8 Å². The number of phenolic OH excluding ortho intramolecular Hbond substituents is 1. The van der Waals surface area contributed by atoms with Crippen LogP contribution in [0.3, 0.4) is 0 Å². The molecule has 1 amide bonds. The van der Waals surface area contributed by atoms with Crippen molar-refractivity contribution in [2.45, 2.75) is 49.6 Å². The van der Waals surface area contributed by atoms with Gasteiger partial charge in [-0.1, -0.05) is 24.3 Å². The minimum Gasteiger partial charge on any atom is -0.508 e. The van der Waals surface area contributed by atoms with Gasteiger partial charge in [0.15, 0.2) is 0 Å². The van der Waals surface area contributed by atoms with Crippen LogP contribution >= 0.6 is 0 Å². The van der Waals surface area contributed by atoms with Crippen LogP contribution in [0.5, 0.6) is 11.5 Å². The highest BCUT2D eigenvalue weighted by Gasteiger charge is 2.76. The topological polar surface area (TPSA) is 53.0 Å². The van der Waals surface area contributed by atoms with Gasteiger partial charge in [-0.25, -0.2) is 4.79 Å². The number of amides is 1. The van der Waals surface area contributed by atoms with Gasteiger partial charge in [0.1, 0.15) is 11.5 Å². The first-order valence-corrected chi connectivity index (χ1v) is 12.1. The number of hydrogen-bond donors (Lipinski definition) is 1. The first-order chi connectivity index (χ1) is 15.5. The Morgan fingerprint density at radius 3 is 2.84 bits per heavy atom. The van der Waals surface area contributed by atoms with E-state index in [2.05, 4.69) is 24.1 Å². The molecule has 1 N–H and O–H groups in total. The second-order valence-electron chi connectivity index (χ2n) is 10.8. The lowest BCUT2D eigenvalue weighted by atomic mass is 9.43. The Kier molecular flexibility index (Phi) is 3.73. The Balaban J connectivity index is 1.32. The highest BCUT2D eigenvalue weighted by Crippen LogP contribution is 2.75. The molecule has 5 heteroatoms. The monoisotopic (exact) mass is 430 g/mol. The number of hydrogen-bond acceptors (Lipinski definition) is 4. The zero-order valence-corrected chi connectivity index (χ0v) is 18.5. The molecule has 4 fully saturated rings. The molecule has 5 nitrogen and oxygen atoms in total. The lowest BCUT2D eigenvalue weighted by Crippen LogP contribution is -2.69. The van der Waals surface area contributed by atoms with Gasteiger partial charge >= 0.3 is 6.09 Å². The second-order valence-corrected chi connectivity index (χ2v) is 10.8. The summed E-state index contributed by atoms with van der Waals surface area (Å²) < 4.78 is 5.79. The maximum absolute atomic E-state index is 13.3. The maximum atomic E-state index is 13.3. The zero-order chi connectivity index (χ0) is 21.7. The lowest BCUT2D eigenvalue weighted by molar-refractivity contribution is -0.0929. The minimum atomic E-state index is -0.198. The van der Waals surface area contributed by atoms with Crippen LogP contribution in [0.2, 0.25) is 0 Å². The molecule has 0 spiro atoms. The number of ether oxygens (including phenoxy) is 1. The second kappa shape index (κ2) is 6.28. The van der Waals surface area contributed by atoms with Gasteiger partial charge in [-0.15, -0.1) is 0 Å². The van der Waals surface area contributed by atoms with Crippen molar-refractivity contribution in [3.8, 4) is 11.5 Å². The number of carbonyl (C=O) groups is 1. The summed E-state index contributed by atoms with van der Waals surface area (Å²) in [6.45, 7) is 1.89. The largest absolute Gasteiger partial charge is 0.508 e. The number of nitrogens with zero attached hydrogens (tertiary/aromatic N) is 2. The van der Waals surface area contributed by atoms with Gasteiger partial charge in [0.05, 0.1) is 0 Å². The Hall–Kier alpha value is -2.53. The predicted molar refractivity (Wildman–Crippen MR) is 121 cm³/mol. The van der Waals surface area contributed by atoms with E-state index in [1.165, 1.54) is 17.5 Å². The van der Waals surface area contributed by atoms with Crippen molar-refractivity contribution in [2.75, 3.05) is 20.1 Å². The van der Waals surface area contributed by atoms with Crippen LogP contribution in [0, 0.1) is 17.3 Å². The number of piperidine rings is 1. The molecule has 2 unspecified atom stereocenters. The van der Waals surface area contributed by atoms with E-state index in [4.69, 9.17) is 4.74 Å². The fourth-order valence-corrected chi connectivity index (χ4v) is 9.08. The summed E-state index contributed by atoms with van der Waals surface area (Å²) in [5.74, 6) is 1.96. The molecule has 6 atom stereocenters. The third-order valence-electron chi connectivity index (χ3n) is 9.92. The third-order valence-corrected chi connectivity index (χ3v) is 9.92. The van der Waals surface area contributed by atoms with E-state index in [9.17, 15) is 9.90 Å². The number of fused-ring (bicyclic) bond motifs is 1. The van der Waals surface area contributed by atoms with Gasteiger partial charge in [0.2, 0.25) is 0 Å². The number of likely N-dealkylation sites (tertiary alicyclic amines) is 2. The first kappa shape index (κ1) is 19.0. The van der Waals surface area contributed by atoms with Gasteiger partial charge in [-0.3, -0.25) is 0 Å². The van der Waals surface area contributed by atoms with Crippen molar-refractivity contribution >= 4 is 6.09 Å². The molecule has 2 aromatic carbocycles. The Labute approximate surface area is 189 Å². The summed E-state index contributed by atoms with van der Waals surface area (Å²) in [4.78, 5) is 17.9. The third kappa shape index (κ3) is 2.16. The molecule has 0 aromatic heterocycles. The molecular weight excluding hydrogens is 400 g/mol. The van der Waals surface area contributed by atoms with E-state index >= 15 is 0 Å². The molecule has 0 radical (unpaired) electrons. The smallest absolute Gasteiger partial charge is 0.415 e. The molecule has 32 heavy (non-hydrogen) atoms. The van der Waals surface area contributed by atoms with E-state index < -0.39 is 0 Å². The Morgan fingerprint density at radius 1 is 1.16 bits per heavy atom. The molecular formula is C27H30N2O3. The summed E-state index contributed by atoms with van der Waals surface area (Å²) in [6.07, 6.45) is 5.41. The van der Waals surface area contributed by atoms with E-state index in [0.29, 0.717) is 29.4 Å². The van der Waals surface area contributed by atoms with Crippen molar-refractivity contribution in [1.29, 1.82) is 0 Å². The lowest BCUT2D eigenvalue weighted by Gasteiger charge is -2.66. The minimum absolute atomic E-state index is 0.0614.